The van der Waals surface area contributed by atoms with Crippen LogP contribution in [0.1, 0.15) is 56.7 Å². The van der Waals surface area contributed by atoms with Gasteiger partial charge in [0.15, 0.2) is 11.6 Å². The van der Waals surface area contributed by atoms with Gasteiger partial charge >= 0.3 is 0 Å². The lowest BCUT2D eigenvalue weighted by Gasteiger charge is -2.34. The third kappa shape index (κ3) is 1.23. The number of hydrogen-bond acceptors (Lipinski definition) is 3. The summed E-state index contributed by atoms with van der Waals surface area (Å²) in [6.45, 7) is 7.53. The number of aromatic nitrogens is 2. The average molecular weight is 271 g/mol. The van der Waals surface area contributed by atoms with Gasteiger partial charge in [0, 0.05) is 17.0 Å². The first-order chi connectivity index (χ1) is 9.47. The van der Waals surface area contributed by atoms with Crippen LogP contribution in [0.4, 0.5) is 0 Å². The van der Waals surface area contributed by atoms with Crippen LogP contribution < -0.4 is 5.73 Å². The van der Waals surface area contributed by atoms with Crippen molar-refractivity contribution in [3.8, 4) is 11.6 Å². The third-order valence-corrected chi connectivity index (χ3v) is 5.93. The lowest BCUT2D eigenvalue weighted by Crippen LogP contribution is -2.31. The highest BCUT2D eigenvalue weighted by Crippen LogP contribution is 2.67. The molecule has 4 heteroatoms. The molecule has 0 spiro atoms. The molecule has 2 heterocycles. The maximum atomic E-state index is 5.71. The second-order valence-electron chi connectivity index (χ2n) is 6.96. The quantitative estimate of drug-likeness (QED) is 0.880. The highest BCUT2D eigenvalue weighted by molar-refractivity contribution is 5.53. The summed E-state index contributed by atoms with van der Waals surface area (Å²) in [6.07, 6.45) is 2.48. The fourth-order valence-electron chi connectivity index (χ4n) is 4.22. The van der Waals surface area contributed by atoms with E-state index in [1.165, 1.54) is 24.2 Å². The second kappa shape index (κ2) is 3.55. The maximum Gasteiger partial charge on any atom is 0.174 e. The molecule has 106 valence electrons. The van der Waals surface area contributed by atoms with Gasteiger partial charge in [-0.25, -0.2) is 4.98 Å². The van der Waals surface area contributed by atoms with Gasteiger partial charge in [0.2, 0.25) is 0 Å². The maximum absolute atomic E-state index is 5.71. The molecule has 0 amide bonds. The summed E-state index contributed by atoms with van der Waals surface area (Å²) in [6, 6.07) is 3.87. The minimum absolute atomic E-state index is 0.186. The first-order valence-corrected chi connectivity index (χ1v) is 7.37. The van der Waals surface area contributed by atoms with Crippen LogP contribution in [0.15, 0.2) is 16.5 Å². The minimum atomic E-state index is 0.186. The highest BCUT2D eigenvalue weighted by Gasteiger charge is 2.61. The Hall–Kier alpha value is -1.55. The van der Waals surface area contributed by atoms with Crippen LogP contribution in [0, 0.1) is 5.41 Å². The van der Waals surface area contributed by atoms with Crippen molar-refractivity contribution in [3.05, 3.63) is 29.3 Å². The van der Waals surface area contributed by atoms with Crippen LogP contribution in [-0.2, 0) is 12.0 Å². The molecule has 2 unspecified atom stereocenters. The molecular weight excluding hydrogens is 250 g/mol. The van der Waals surface area contributed by atoms with Crippen LogP contribution in [0.3, 0.4) is 0 Å². The van der Waals surface area contributed by atoms with E-state index in [9.17, 15) is 0 Å². The van der Waals surface area contributed by atoms with E-state index in [0.717, 1.165) is 17.3 Å². The summed E-state index contributed by atoms with van der Waals surface area (Å²) in [4.78, 5) is 8.38. The molecule has 4 nitrogen and oxygen atoms in total. The fraction of sp³-hybridized carbons (Fsp3) is 0.562. The average Bonchev–Trinajstić information content (AvgIpc) is 3.11. The Labute approximate surface area is 118 Å². The summed E-state index contributed by atoms with van der Waals surface area (Å²) >= 11 is 0. The number of aromatic amines is 1. The molecule has 20 heavy (non-hydrogen) atoms. The molecule has 2 aromatic heterocycles. The number of furan rings is 1. The van der Waals surface area contributed by atoms with Crippen molar-refractivity contribution in [2.75, 3.05) is 0 Å². The zero-order valence-corrected chi connectivity index (χ0v) is 12.3. The molecule has 1 fully saturated rings. The van der Waals surface area contributed by atoms with Gasteiger partial charge in [0.05, 0.1) is 12.2 Å². The van der Waals surface area contributed by atoms with Crippen LogP contribution in [-0.4, -0.2) is 9.97 Å². The number of hydrogen-bond donors (Lipinski definition) is 2. The molecule has 0 aliphatic heterocycles. The van der Waals surface area contributed by atoms with Crippen molar-refractivity contribution in [1.82, 2.24) is 9.97 Å². The molecule has 2 atom stereocenters. The lowest BCUT2D eigenvalue weighted by molar-refractivity contribution is 0.226. The van der Waals surface area contributed by atoms with E-state index in [4.69, 9.17) is 15.1 Å². The van der Waals surface area contributed by atoms with Crippen molar-refractivity contribution >= 4 is 0 Å². The number of nitrogens with two attached hydrogens (primary N) is 1. The number of fused-ring (bicyclic) bond motifs is 5. The van der Waals surface area contributed by atoms with Crippen molar-refractivity contribution in [2.45, 2.75) is 51.5 Å². The van der Waals surface area contributed by atoms with Crippen molar-refractivity contribution < 1.29 is 4.42 Å². The predicted octanol–water partition coefficient (Wildman–Crippen LogP) is 3.30. The molecule has 0 radical (unpaired) electrons. The van der Waals surface area contributed by atoms with Gasteiger partial charge in [-0.1, -0.05) is 20.8 Å². The molecule has 3 N–H and O–H groups in total. The Morgan fingerprint density at radius 1 is 1.40 bits per heavy atom. The fourth-order valence-corrected chi connectivity index (χ4v) is 4.22. The van der Waals surface area contributed by atoms with Crippen LogP contribution in [0.2, 0.25) is 0 Å². The van der Waals surface area contributed by atoms with E-state index in [1.54, 1.807) is 0 Å². The number of imidazole rings is 1. The Balaban J connectivity index is 1.81. The normalized spacial score (nSPS) is 29.9. The van der Waals surface area contributed by atoms with Crippen molar-refractivity contribution in [3.63, 3.8) is 0 Å². The topological polar surface area (TPSA) is 67.8 Å². The molecule has 1 saturated carbocycles. The smallest absolute Gasteiger partial charge is 0.174 e. The molecule has 4 rings (SSSR count). The highest BCUT2D eigenvalue weighted by atomic mass is 16.3. The van der Waals surface area contributed by atoms with Gasteiger partial charge in [-0.3, -0.25) is 0 Å². The Bertz CT molecular complexity index is 682. The van der Waals surface area contributed by atoms with E-state index in [1.807, 2.05) is 12.1 Å². The van der Waals surface area contributed by atoms with Crippen LogP contribution in [0.25, 0.3) is 11.6 Å². The molecule has 2 aliphatic rings. The summed E-state index contributed by atoms with van der Waals surface area (Å²) in [5, 5.41) is 0. The van der Waals surface area contributed by atoms with Gasteiger partial charge in [-0.2, -0.15) is 0 Å². The molecular formula is C16H21N3O. The molecule has 2 aliphatic carbocycles. The Morgan fingerprint density at radius 2 is 2.20 bits per heavy atom. The number of H-pyrrole nitrogens is 1. The minimum Gasteiger partial charge on any atom is -0.456 e. The first-order valence-electron chi connectivity index (χ1n) is 7.37. The standard InChI is InChI=1S/C16H21N3O/c1-15(2)10-6-7-16(15,3)13-12(10)18-14(19-13)11-5-4-9(8-17)20-11/h4-5,10H,6-8,17H2,1-3H3,(H,18,19). The molecule has 0 saturated heterocycles. The summed E-state index contributed by atoms with van der Waals surface area (Å²) in [5.74, 6) is 3.03. The van der Waals surface area contributed by atoms with Gasteiger partial charge in [-0.15, -0.1) is 0 Å². The zero-order chi connectivity index (χ0) is 14.1. The number of nitrogens with zero attached hydrogens (tertiary/aromatic N) is 1. The second-order valence-corrected chi connectivity index (χ2v) is 6.96. The van der Waals surface area contributed by atoms with E-state index >= 15 is 0 Å². The number of rotatable bonds is 2. The zero-order valence-electron chi connectivity index (χ0n) is 12.3. The van der Waals surface area contributed by atoms with Crippen LogP contribution in [0.5, 0.6) is 0 Å². The van der Waals surface area contributed by atoms with Gasteiger partial charge in [-0.05, 0) is 30.4 Å². The molecule has 2 bridgehead atoms. The third-order valence-electron chi connectivity index (χ3n) is 5.93. The van der Waals surface area contributed by atoms with Crippen LogP contribution >= 0.6 is 0 Å². The number of nitrogens with one attached hydrogen (secondary N) is 1. The van der Waals surface area contributed by atoms with Gasteiger partial charge in [0.1, 0.15) is 5.76 Å². The van der Waals surface area contributed by atoms with E-state index < -0.39 is 0 Å². The Morgan fingerprint density at radius 3 is 2.85 bits per heavy atom. The summed E-state index contributed by atoms with van der Waals surface area (Å²) in [7, 11) is 0. The Kier molecular flexibility index (Phi) is 2.17. The van der Waals surface area contributed by atoms with Crippen molar-refractivity contribution in [1.29, 1.82) is 0 Å². The summed E-state index contributed by atoms with van der Waals surface area (Å²) in [5.41, 5.74) is 8.66. The molecule has 0 aromatic carbocycles. The van der Waals surface area contributed by atoms with E-state index in [0.29, 0.717) is 17.9 Å². The lowest BCUT2D eigenvalue weighted by atomic mass is 9.70. The van der Waals surface area contributed by atoms with E-state index in [2.05, 4.69) is 25.8 Å². The summed E-state index contributed by atoms with van der Waals surface area (Å²) < 4.78 is 5.71. The predicted molar refractivity (Wildman–Crippen MR) is 77.3 cm³/mol. The largest absolute Gasteiger partial charge is 0.456 e. The molecule has 2 aromatic rings. The SMILES string of the molecule is CC12CCC(c3[nH]c(-c4ccc(CN)o4)nc31)C2(C)C. The monoisotopic (exact) mass is 271 g/mol. The van der Waals surface area contributed by atoms with Gasteiger partial charge < -0.3 is 15.1 Å². The van der Waals surface area contributed by atoms with Crippen molar-refractivity contribution in [2.24, 2.45) is 11.1 Å². The van der Waals surface area contributed by atoms with E-state index in [-0.39, 0.29) is 5.41 Å². The van der Waals surface area contributed by atoms with Gasteiger partial charge in [0.25, 0.3) is 0 Å². The first kappa shape index (κ1) is 12.2.